The van der Waals surface area contributed by atoms with Gasteiger partial charge in [-0.15, -0.1) is 0 Å². The highest BCUT2D eigenvalue weighted by atomic mass is 79.9. The molecule has 18 heavy (non-hydrogen) atoms. The SMILES string of the molecule is CCC(N)c1ccc(-c2cc(Br)c(F)cc2F)o1. The Bertz CT molecular complexity index is 568. The minimum absolute atomic E-state index is 0.191. The first-order chi connectivity index (χ1) is 8.52. The van der Waals surface area contributed by atoms with E-state index in [9.17, 15) is 8.78 Å². The van der Waals surface area contributed by atoms with E-state index in [1.165, 1.54) is 6.07 Å². The molecule has 1 aromatic heterocycles. The largest absolute Gasteiger partial charge is 0.459 e. The molecule has 0 aliphatic carbocycles. The van der Waals surface area contributed by atoms with E-state index in [1.807, 2.05) is 6.92 Å². The fourth-order valence-electron chi connectivity index (χ4n) is 1.61. The zero-order valence-electron chi connectivity index (χ0n) is 9.71. The summed E-state index contributed by atoms with van der Waals surface area (Å²) in [7, 11) is 0. The number of furan rings is 1. The van der Waals surface area contributed by atoms with Crippen LogP contribution < -0.4 is 5.73 Å². The highest BCUT2D eigenvalue weighted by Gasteiger charge is 2.15. The van der Waals surface area contributed by atoms with Crippen LogP contribution in [0, 0.1) is 11.6 Å². The van der Waals surface area contributed by atoms with Gasteiger partial charge in [0, 0.05) is 6.07 Å². The van der Waals surface area contributed by atoms with Crippen LogP contribution in [0.5, 0.6) is 0 Å². The van der Waals surface area contributed by atoms with Crippen molar-refractivity contribution < 1.29 is 13.2 Å². The first kappa shape index (κ1) is 13.2. The van der Waals surface area contributed by atoms with E-state index >= 15 is 0 Å². The summed E-state index contributed by atoms with van der Waals surface area (Å²) in [4.78, 5) is 0. The predicted molar refractivity (Wildman–Crippen MR) is 69.0 cm³/mol. The number of halogens is 3. The maximum atomic E-state index is 13.7. The third-order valence-corrected chi connectivity index (χ3v) is 3.32. The van der Waals surface area contributed by atoms with E-state index in [-0.39, 0.29) is 16.1 Å². The number of hydrogen-bond acceptors (Lipinski definition) is 2. The van der Waals surface area contributed by atoms with Crippen molar-refractivity contribution in [3.63, 3.8) is 0 Å². The highest BCUT2D eigenvalue weighted by molar-refractivity contribution is 9.10. The molecule has 2 rings (SSSR count). The van der Waals surface area contributed by atoms with Crippen molar-refractivity contribution in [2.75, 3.05) is 0 Å². The van der Waals surface area contributed by atoms with Gasteiger partial charge in [0.25, 0.3) is 0 Å². The third kappa shape index (κ3) is 2.47. The quantitative estimate of drug-likeness (QED) is 0.853. The van der Waals surface area contributed by atoms with Crippen LogP contribution in [0.1, 0.15) is 25.1 Å². The van der Waals surface area contributed by atoms with Crippen LogP contribution in [-0.2, 0) is 0 Å². The Balaban J connectivity index is 2.43. The van der Waals surface area contributed by atoms with Gasteiger partial charge in [-0.2, -0.15) is 0 Å². The van der Waals surface area contributed by atoms with Gasteiger partial charge in [0.15, 0.2) is 0 Å². The lowest BCUT2D eigenvalue weighted by molar-refractivity contribution is 0.467. The zero-order valence-corrected chi connectivity index (χ0v) is 11.3. The minimum Gasteiger partial charge on any atom is -0.459 e. The van der Waals surface area contributed by atoms with Gasteiger partial charge in [-0.05, 0) is 40.5 Å². The van der Waals surface area contributed by atoms with E-state index in [4.69, 9.17) is 10.2 Å². The summed E-state index contributed by atoms with van der Waals surface area (Å²) in [6, 6.07) is 5.30. The Labute approximate surface area is 112 Å². The number of rotatable bonds is 3. The molecule has 2 nitrogen and oxygen atoms in total. The molecule has 0 amide bonds. The molecular formula is C13H12BrF2NO. The molecule has 2 N–H and O–H groups in total. The molecular weight excluding hydrogens is 304 g/mol. The molecule has 0 aliphatic heterocycles. The molecule has 0 saturated heterocycles. The summed E-state index contributed by atoms with van der Waals surface area (Å²) in [5.41, 5.74) is 6.03. The highest BCUT2D eigenvalue weighted by Crippen LogP contribution is 2.31. The molecule has 0 aliphatic rings. The van der Waals surface area contributed by atoms with Crippen molar-refractivity contribution in [3.8, 4) is 11.3 Å². The summed E-state index contributed by atoms with van der Waals surface area (Å²) in [5.74, 6) is -0.380. The lowest BCUT2D eigenvalue weighted by Crippen LogP contribution is -2.06. The second kappa shape index (κ2) is 5.20. The van der Waals surface area contributed by atoms with Gasteiger partial charge in [0.2, 0.25) is 0 Å². The fourth-order valence-corrected chi connectivity index (χ4v) is 1.95. The lowest BCUT2D eigenvalue weighted by Gasteiger charge is -2.05. The van der Waals surface area contributed by atoms with Crippen LogP contribution >= 0.6 is 15.9 Å². The van der Waals surface area contributed by atoms with Crippen molar-refractivity contribution in [1.82, 2.24) is 0 Å². The van der Waals surface area contributed by atoms with Crippen LogP contribution in [0.3, 0.4) is 0 Å². The van der Waals surface area contributed by atoms with E-state index in [0.29, 0.717) is 11.5 Å². The molecule has 0 saturated carbocycles. The summed E-state index contributed by atoms with van der Waals surface area (Å²) in [5, 5.41) is 0. The Morgan fingerprint density at radius 2 is 2.00 bits per heavy atom. The fraction of sp³-hybridized carbons (Fsp3) is 0.231. The topological polar surface area (TPSA) is 39.2 Å². The first-order valence-corrected chi connectivity index (χ1v) is 6.32. The van der Waals surface area contributed by atoms with Gasteiger partial charge in [-0.3, -0.25) is 0 Å². The van der Waals surface area contributed by atoms with Gasteiger partial charge < -0.3 is 10.2 Å². The molecule has 2 aromatic rings. The predicted octanol–water partition coefficient (Wildman–Crippen LogP) is 4.40. The smallest absolute Gasteiger partial charge is 0.140 e. The molecule has 1 atom stereocenters. The van der Waals surface area contributed by atoms with E-state index in [1.54, 1.807) is 12.1 Å². The van der Waals surface area contributed by atoms with Crippen molar-refractivity contribution in [3.05, 3.63) is 46.1 Å². The standard InChI is InChI=1S/C13H12BrF2NO/c1-2-11(17)13-4-3-12(18-13)7-5-8(14)10(16)6-9(7)15/h3-6,11H,2,17H2,1H3. The molecule has 0 bridgehead atoms. The normalized spacial score (nSPS) is 12.7. The maximum absolute atomic E-state index is 13.7. The Hall–Kier alpha value is -1.20. The second-order valence-electron chi connectivity index (χ2n) is 3.96. The monoisotopic (exact) mass is 315 g/mol. The van der Waals surface area contributed by atoms with Gasteiger partial charge >= 0.3 is 0 Å². The molecule has 5 heteroatoms. The van der Waals surface area contributed by atoms with Crippen molar-refractivity contribution in [1.29, 1.82) is 0 Å². The molecule has 0 spiro atoms. The number of benzene rings is 1. The van der Waals surface area contributed by atoms with Gasteiger partial charge in [-0.1, -0.05) is 6.92 Å². The number of hydrogen-bond donors (Lipinski definition) is 1. The molecule has 0 fully saturated rings. The van der Waals surface area contributed by atoms with E-state index in [2.05, 4.69) is 15.9 Å². The van der Waals surface area contributed by atoms with Crippen LogP contribution in [0.4, 0.5) is 8.78 Å². The van der Waals surface area contributed by atoms with Crippen LogP contribution in [0.25, 0.3) is 11.3 Å². The molecule has 0 radical (unpaired) electrons. The maximum Gasteiger partial charge on any atom is 0.140 e. The second-order valence-corrected chi connectivity index (χ2v) is 4.82. The number of nitrogens with two attached hydrogens (primary N) is 1. The average Bonchev–Trinajstić information content (AvgIpc) is 2.82. The summed E-state index contributed by atoms with van der Waals surface area (Å²) in [6.07, 6.45) is 0.725. The Kier molecular flexibility index (Phi) is 3.82. The third-order valence-electron chi connectivity index (χ3n) is 2.71. The molecule has 1 heterocycles. The van der Waals surface area contributed by atoms with E-state index < -0.39 is 11.6 Å². The summed E-state index contributed by atoms with van der Waals surface area (Å²) >= 11 is 3.02. The lowest BCUT2D eigenvalue weighted by atomic mass is 10.1. The zero-order chi connectivity index (χ0) is 13.3. The van der Waals surface area contributed by atoms with Gasteiger partial charge in [0.05, 0.1) is 16.1 Å². The summed E-state index contributed by atoms with van der Waals surface area (Å²) in [6.45, 7) is 1.93. The summed E-state index contributed by atoms with van der Waals surface area (Å²) < 4.78 is 32.5. The van der Waals surface area contributed by atoms with Crippen LogP contribution in [-0.4, -0.2) is 0 Å². The van der Waals surface area contributed by atoms with Crippen molar-refractivity contribution in [2.24, 2.45) is 5.73 Å². The first-order valence-electron chi connectivity index (χ1n) is 5.53. The van der Waals surface area contributed by atoms with Crippen molar-refractivity contribution in [2.45, 2.75) is 19.4 Å². The molecule has 1 aromatic carbocycles. The van der Waals surface area contributed by atoms with Crippen LogP contribution in [0.15, 0.2) is 33.2 Å². The molecule has 1 unspecified atom stereocenters. The van der Waals surface area contributed by atoms with Crippen molar-refractivity contribution >= 4 is 15.9 Å². The Morgan fingerprint density at radius 1 is 1.28 bits per heavy atom. The Morgan fingerprint density at radius 3 is 2.67 bits per heavy atom. The van der Waals surface area contributed by atoms with Gasteiger partial charge in [-0.25, -0.2) is 8.78 Å². The van der Waals surface area contributed by atoms with Crippen LogP contribution in [0.2, 0.25) is 0 Å². The molecule has 96 valence electrons. The van der Waals surface area contributed by atoms with E-state index in [0.717, 1.165) is 12.5 Å². The minimum atomic E-state index is -0.665. The average molecular weight is 316 g/mol. The van der Waals surface area contributed by atoms with Gasteiger partial charge in [0.1, 0.15) is 23.2 Å².